The number of sulfonamides is 1. The second-order valence-electron chi connectivity index (χ2n) is 7.99. The number of nitrogens with one attached hydrogen (secondary N) is 2. The number of carbonyl (C=O) groups excluding carboxylic acids is 2. The van der Waals surface area contributed by atoms with Gasteiger partial charge in [-0.25, -0.2) is 8.42 Å². The van der Waals surface area contributed by atoms with Gasteiger partial charge in [-0.3, -0.25) is 9.59 Å². The van der Waals surface area contributed by atoms with Crippen LogP contribution in [-0.4, -0.2) is 43.2 Å². The number of hydrogen-bond acceptors (Lipinski definition) is 5. The quantitative estimate of drug-likeness (QED) is 0.756. The van der Waals surface area contributed by atoms with Gasteiger partial charge in [0.25, 0.3) is 5.91 Å². The lowest BCUT2D eigenvalue weighted by Crippen LogP contribution is -2.43. The van der Waals surface area contributed by atoms with Crippen LogP contribution in [0.1, 0.15) is 30.9 Å². The highest BCUT2D eigenvalue weighted by Crippen LogP contribution is 2.34. The molecule has 31 heavy (non-hydrogen) atoms. The zero-order valence-electron chi connectivity index (χ0n) is 17.6. The van der Waals surface area contributed by atoms with Gasteiger partial charge in [0.2, 0.25) is 15.9 Å². The molecule has 0 saturated carbocycles. The molecule has 2 N–H and O–H groups in total. The monoisotopic (exact) mass is 443 g/mol. The zero-order valence-corrected chi connectivity index (χ0v) is 18.5. The number of fused-ring (bicyclic) bond motifs is 1. The van der Waals surface area contributed by atoms with Gasteiger partial charge < -0.3 is 15.4 Å². The molecular formula is C22H25N3O5S. The predicted octanol–water partition coefficient (Wildman–Crippen LogP) is 2.81. The molecule has 4 rings (SSSR count). The van der Waals surface area contributed by atoms with Crippen molar-refractivity contribution in [3.8, 4) is 5.75 Å². The van der Waals surface area contributed by atoms with Crippen molar-refractivity contribution in [1.82, 2.24) is 4.31 Å². The predicted molar refractivity (Wildman–Crippen MR) is 117 cm³/mol. The molecule has 8 nitrogen and oxygen atoms in total. The number of hydrogen-bond donors (Lipinski definition) is 2. The smallest absolute Gasteiger partial charge is 0.265 e. The maximum atomic E-state index is 13.3. The van der Waals surface area contributed by atoms with Crippen LogP contribution >= 0.6 is 0 Å². The Hall–Kier alpha value is -2.91. The third-order valence-electron chi connectivity index (χ3n) is 5.63. The summed E-state index contributed by atoms with van der Waals surface area (Å²) in [6.07, 6.45) is 0.386. The van der Waals surface area contributed by atoms with Crippen LogP contribution in [0, 0.1) is 13.8 Å². The first-order valence-electron chi connectivity index (χ1n) is 10.2. The summed E-state index contributed by atoms with van der Waals surface area (Å²) in [5, 5.41) is 5.54. The standard InChI is InChI=1S/C22H25N3O5S/c1-13-6-8-17(14(2)11-13)23-22(27)19-5-4-10-25(19)31(28,29)16-7-9-20-18(12-16)24-21(26)15(3)30-20/h6-9,11-12,15,19H,4-5,10H2,1-3H3,(H,23,27)(H,24,26)/t15-,19-/m1/s1. The summed E-state index contributed by atoms with van der Waals surface area (Å²) in [5.41, 5.74) is 2.97. The number of ether oxygens (including phenoxy) is 1. The second kappa shape index (κ2) is 7.97. The molecule has 1 saturated heterocycles. The van der Waals surface area contributed by atoms with E-state index in [-0.39, 0.29) is 23.3 Å². The van der Waals surface area contributed by atoms with Crippen molar-refractivity contribution in [1.29, 1.82) is 0 Å². The minimum atomic E-state index is -3.94. The molecule has 0 bridgehead atoms. The van der Waals surface area contributed by atoms with Crippen LogP contribution in [0.5, 0.6) is 5.75 Å². The molecule has 0 aromatic heterocycles. The summed E-state index contributed by atoms with van der Waals surface area (Å²) in [5.74, 6) is -0.276. The van der Waals surface area contributed by atoms with Crippen molar-refractivity contribution in [2.24, 2.45) is 0 Å². The maximum absolute atomic E-state index is 13.3. The molecule has 164 valence electrons. The minimum Gasteiger partial charge on any atom is -0.479 e. The van der Waals surface area contributed by atoms with Crippen LogP contribution in [0.2, 0.25) is 0 Å². The third-order valence-corrected chi connectivity index (χ3v) is 7.54. The highest BCUT2D eigenvalue weighted by atomic mass is 32.2. The number of benzene rings is 2. The Morgan fingerprint density at radius 1 is 1.19 bits per heavy atom. The fraction of sp³-hybridized carbons (Fsp3) is 0.364. The van der Waals surface area contributed by atoms with E-state index in [0.29, 0.717) is 30.0 Å². The van der Waals surface area contributed by atoms with Crippen molar-refractivity contribution < 1.29 is 22.7 Å². The van der Waals surface area contributed by atoms with E-state index in [1.54, 1.807) is 6.92 Å². The van der Waals surface area contributed by atoms with Gasteiger partial charge in [0.15, 0.2) is 6.10 Å². The number of aryl methyl sites for hydroxylation is 2. The number of amides is 2. The Balaban J connectivity index is 1.58. The van der Waals surface area contributed by atoms with Gasteiger partial charge in [0, 0.05) is 12.2 Å². The third kappa shape index (κ3) is 4.03. The summed E-state index contributed by atoms with van der Waals surface area (Å²) < 4.78 is 33.4. The van der Waals surface area contributed by atoms with Crippen molar-refractivity contribution >= 4 is 33.2 Å². The Bertz CT molecular complexity index is 1160. The highest BCUT2D eigenvalue weighted by molar-refractivity contribution is 7.89. The Morgan fingerprint density at radius 3 is 2.71 bits per heavy atom. The van der Waals surface area contributed by atoms with E-state index in [2.05, 4.69) is 10.6 Å². The zero-order chi connectivity index (χ0) is 22.3. The Kier molecular flexibility index (Phi) is 5.49. The average molecular weight is 444 g/mol. The molecule has 0 spiro atoms. The molecule has 0 unspecified atom stereocenters. The van der Waals surface area contributed by atoms with E-state index < -0.39 is 22.2 Å². The summed E-state index contributed by atoms with van der Waals surface area (Å²) in [4.78, 5) is 24.9. The van der Waals surface area contributed by atoms with Crippen molar-refractivity contribution in [3.05, 3.63) is 47.5 Å². The Labute approximate surface area is 181 Å². The topological polar surface area (TPSA) is 105 Å². The molecule has 0 aliphatic carbocycles. The number of rotatable bonds is 4. The second-order valence-corrected chi connectivity index (χ2v) is 9.88. The molecule has 1 fully saturated rings. The molecule has 2 aliphatic rings. The number of carbonyl (C=O) groups is 2. The lowest BCUT2D eigenvalue weighted by atomic mass is 10.1. The minimum absolute atomic E-state index is 0.0101. The molecule has 9 heteroatoms. The summed E-state index contributed by atoms with van der Waals surface area (Å²) in [6.45, 7) is 5.74. The van der Waals surface area contributed by atoms with Crippen molar-refractivity contribution in [3.63, 3.8) is 0 Å². The lowest BCUT2D eigenvalue weighted by molar-refractivity contribution is -0.122. The molecule has 2 amide bonds. The van der Waals surface area contributed by atoms with Crippen LogP contribution in [0.4, 0.5) is 11.4 Å². The summed E-state index contributed by atoms with van der Waals surface area (Å²) in [7, 11) is -3.94. The SMILES string of the molecule is Cc1ccc(NC(=O)[C@H]2CCCN2S(=O)(=O)c2ccc3c(c2)NC(=O)[C@@H](C)O3)c(C)c1. The molecule has 2 aromatic rings. The lowest BCUT2D eigenvalue weighted by Gasteiger charge is -2.26. The first-order valence-corrected chi connectivity index (χ1v) is 11.6. The fourth-order valence-corrected chi connectivity index (χ4v) is 5.63. The van der Waals surface area contributed by atoms with Crippen molar-refractivity contribution in [2.75, 3.05) is 17.2 Å². The van der Waals surface area contributed by atoms with Gasteiger partial charge in [0.1, 0.15) is 11.8 Å². The van der Waals surface area contributed by atoms with Crippen LogP contribution in [0.15, 0.2) is 41.3 Å². The van der Waals surface area contributed by atoms with E-state index in [0.717, 1.165) is 11.1 Å². The first-order chi connectivity index (χ1) is 14.7. The van der Waals surface area contributed by atoms with E-state index in [9.17, 15) is 18.0 Å². The average Bonchev–Trinajstić information content (AvgIpc) is 3.21. The first kappa shape index (κ1) is 21.3. The van der Waals surface area contributed by atoms with Gasteiger partial charge in [-0.2, -0.15) is 4.31 Å². The fourth-order valence-electron chi connectivity index (χ4n) is 3.94. The van der Waals surface area contributed by atoms with Gasteiger partial charge in [0.05, 0.1) is 10.6 Å². The van der Waals surface area contributed by atoms with Crippen molar-refractivity contribution in [2.45, 2.75) is 50.7 Å². The summed E-state index contributed by atoms with van der Waals surface area (Å²) >= 11 is 0. The largest absolute Gasteiger partial charge is 0.479 e. The molecule has 2 heterocycles. The van der Waals surface area contributed by atoms with Crippen LogP contribution < -0.4 is 15.4 Å². The number of nitrogens with zero attached hydrogens (tertiary/aromatic N) is 1. The number of anilines is 2. The Morgan fingerprint density at radius 2 is 1.97 bits per heavy atom. The highest BCUT2D eigenvalue weighted by Gasteiger charge is 2.40. The van der Waals surface area contributed by atoms with Gasteiger partial charge in [-0.05, 0) is 63.4 Å². The molecule has 2 aromatic carbocycles. The molecular weight excluding hydrogens is 418 g/mol. The normalized spacial score (nSPS) is 21.2. The van der Waals surface area contributed by atoms with Crippen LogP contribution in [-0.2, 0) is 19.6 Å². The molecule has 2 aliphatic heterocycles. The van der Waals surface area contributed by atoms with Crippen LogP contribution in [0.25, 0.3) is 0 Å². The van der Waals surface area contributed by atoms with Gasteiger partial charge >= 0.3 is 0 Å². The summed E-state index contributed by atoms with van der Waals surface area (Å²) in [6, 6.07) is 9.23. The van der Waals surface area contributed by atoms with E-state index in [4.69, 9.17) is 4.74 Å². The molecule has 0 radical (unpaired) electrons. The van der Waals surface area contributed by atoms with Crippen LogP contribution in [0.3, 0.4) is 0 Å². The van der Waals surface area contributed by atoms with Gasteiger partial charge in [-0.15, -0.1) is 0 Å². The maximum Gasteiger partial charge on any atom is 0.265 e. The van der Waals surface area contributed by atoms with Gasteiger partial charge in [-0.1, -0.05) is 17.7 Å². The van der Waals surface area contributed by atoms with E-state index in [1.165, 1.54) is 22.5 Å². The van der Waals surface area contributed by atoms with E-state index >= 15 is 0 Å². The van der Waals surface area contributed by atoms with E-state index in [1.807, 2.05) is 32.0 Å². The molecule has 2 atom stereocenters.